The normalized spacial score (nSPS) is 12.8. The lowest BCUT2D eigenvalue weighted by Gasteiger charge is -2.15. The third-order valence-corrected chi connectivity index (χ3v) is 3.88. The van der Waals surface area contributed by atoms with Crippen molar-refractivity contribution in [3.63, 3.8) is 0 Å². The topological polar surface area (TPSA) is 35.5 Å². The fourth-order valence-electron chi connectivity index (χ4n) is 1.27. The Morgan fingerprint density at radius 3 is 2.48 bits per heavy atom. The van der Waals surface area contributed by atoms with Crippen LogP contribution in [0.15, 0.2) is 29.2 Å². The number of benzene rings is 1. The maximum absolute atomic E-state index is 11.3. The molecule has 3 nitrogen and oxygen atoms in total. The van der Waals surface area contributed by atoms with Crippen LogP contribution in [0.5, 0.6) is 0 Å². The highest BCUT2D eigenvalue weighted by Gasteiger charge is 2.23. The van der Waals surface area contributed by atoms with Crippen molar-refractivity contribution in [1.29, 1.82) is 0 Å². The molecule has 8 heteroatoms. The van der Waals surface area contributed by atoms with E-state index in [1.165, 1.54) is 0 Å². The molecular weight excluding hydrogens is 378 g/mol. The molecule has 0 aliphatic carbocycles. The molecule has 0 spiro atoms. The zero-order valence-corrected chi connectivity index (χ0v) is 15.0. The first-order chi connectivity index (χ1) is 9.76. The molecule has 0 fully saturated rings. The second-order valence-corrected chi connectivity index (χ2v) is 8.29. The van der Waals surface area contributed by atoms with Gasteiger partial charge in [-0.15, -0.1) is 11.8 Å². The Bertz CT molecular complexity index is 448. The molecule has 1 aromatic rings. The molecule has 0 aliphatic heterocycles. The van der Waals surface area contributed by atoms with Crippen LogP contribution >= 0.6 is 58.2 Å². The monoisotopic (exact) mass is 390 g/mol. The van der Waals surface area contributed by atoms with E-state index in [0.717, 1.165) is 10.6 Å². The van der Waals surface area contributed by atoms with Crippen molar-refractivity contribution < 1.29 is 14.3 Å². The second kappa shape index (κ2) is 9.21. The van der Waals surface area contributed by atoms with E-state index >= 15 is 0 Å². The number of hydrogen-bond acceptors (Lipinski definition) is 4. The molecule has 0 N–H and O–H groups in total. The lowest BCUT2D eigenvalue weighted by Crippen LogP contribution is -2.21. The van der Waals surface area contributed by atoms with Crippen LogP contribution in [0.2, 0.25) is 5.02 Å². The molecular formula is C13H14Cl4O3S. The van der Waals surface area contributed by atoms with Gasteiger partial charge in [-0.3, -0.25) is 0 Å². The number of hydrogen-bond donors (Lipinski definition) is 0. The summed E-state index contributed by atoms with van der Waals surface area (Å²) in [7, 11) is 0. The lowest BCUT2D eigenvalue weighted by molar-refractivity contribution is 0.0295. The molecule has 0 bridgehead atoms. The molecule has 118 valence electrons. The van der Waals surface area contributed by atoms with Gasteiger partial charge in [-0.05, 0) is 37.6 Å². The maximum atomic E-state index is 11.3. The maximum Gasteiger partial charge on any atom is 0.508 e. The molecule has 0 saturated heterocycles. The van der Waals surface area contributed by atoms with Crippen LogP contribution in [0.1, 0.15) is 13.3 Å². The van der Waals surface area contributed by atoms with Crippen molar-refractivity contribution in [3.05, 3.63) is 29.3 Å². The lowest BCUT2D eigenvalue weighted by atomic mass is 10.3. The van der Waals surface area contributed by atoms with Crippen LogP contribution in [0.4, 0.5) is 4.79 Å². The molecule has 0 radical (unpaired) electrons. The van der Waals surface area contributed by atoms with E-state index in [9.17, 15) is 4.79 Å². The van der Waals surface area contributed by atoms with E-state index in [1.54, 1.807) is 18.7 Å². The molecule has 0 heterocycles. The quantitative estimate of drug-likeness (QED) is 0.352. The molecule has 1 atom stereocenters. The number of carbonyl (C=O) groups is 1. The summed E-state index contributed by atoms with van der Waals surface area (Å²) in [6.07, 6.45) is -0.450. The van der Waals surface area contributed by atoms with Crippen LogP contribution in [0, 0.1) is 0 Å². The van der Waals surface area contributed by atoms with Gasteiger partial charge in [0.05, 0.1) is 0 Å². The molecule has 0 aromatic heterocycles. The molecule has 0 aliphatic rings. The summed E-state index contributed by atoms with van der Waals surface area (Å²) in [4.78, 5) is 12.4. The number of rotatable bonds is 6. The van der Waals surface area contributed by atoms with Crippen molar-refractivity contribution in [2.75, 3.05) is 12.4 Å². The van der Waals surface area contributed by atoms with Crippen molar-refractivity contribution in [1.82, 2.24) is 0 Å². The summed E-state index contributed by atoms with van der Waals surface area (Å²) >= 11 is 23.8. The molecule has 21 heavy (non-hydrogen) atoms. The third-order valence-electron chi connectivity index (χ3n) is 2.26. The van der Waals surface area contributed by atoms with Gasteiger partial charge >= 0.3 is 6.16 Å². The van der Waals surface area contributed by atoms with Gasteiger partial charge in [-0.2, -0.15) is 0 Å². The Hall–Kier alpha value is -0.000000000000000111. The van der Waals surface area contributed by atoms with Crippen LogP contribution in [-0.2, 0) is 9.47 Å². The van der Waals surface area contributed by atoms with Gasteiger partial charge < -0.3 is 9.47 Å². The number of thioether (sulfide) groups is 1. The first-order valence-electron chi connectivity index (χ1n) is 6.05. The Morgan fingerprint density at radius 1 is 1.29 bits per heavy atom. The summed E-state index contributed by atoms with van der Waals surface area (Å²) in [5.74, 6) is 0.792. The molecule has 1 aromatic carbocycles. The van der Waals surface area contributed by atoms with Crippen LogP contribution < -0.4 is 0 Å². The summed E-state index contributed by atoms with van der Waals surface area (Å²) in [6.45, 7) is 1.43. The SMILES string of the molecule is C[C@H](CCSc1ccc(Cl)cc1)OC(=O)OCC(Cl)(Cl)Cl. The van der Waals surface area contributed by atoms with Crippen molar-refractivity contribution in [2.24, 2.45) is 0 Å². The van der Waals surface area contributed by atoms with Gasteiger partial charge in [0.25, 0.3) is 0 Å². The van der Waals surface area contributed by atoms with Crippen LogP contribution in [0.3, 0.4) is 0 Å². The summed E-state index contributed by atoms with van der Waals surface area (Å²) in [5.41, 5.74) is 0. The Balaban J connectivity index is 2.20. The Morgan fingerprint density at radius 2 is 1.90 bits per heavy atom. The van der Waals surface area contributed by atoms with Crippen molar-refractivity contribution in [2.45, 2.75) is 28.1 Å². The Kier molecular flexibility index (Phi) is 8.35. The minimum absolute atomic E-state index is 0.285. The van der Waals surface area contributed by atoms with Crippen molar-refractivity contribution in [3.8, 4) is 0 Å². The van der Waals surface area contributed by atoms with Gasteiger partial charge in [0, 0.05) is 15.7 Å². The average Bonchev–Trinajstić information content (AvgIpc) is 2.38. The first-order valence-corrected chi connectivity index (χ1v) is 8.54. The number of carbonyl (C=O) groups excluding carboxylic acids is 1. The number of ether oxygens (including phenoxy) is 2. The van der Waals surface area contributed by atoms with Gasteiger partial charge in [0.1, 0.15) is 12.7 Å². The van der Waals surface area contributed by atoms with Gasteiger partial charge in [0.2, 0.25) is 3.79 Å². The van der Waals surface area contributed by atoms with Gasteiger partial charge in [-0.25, -0.2) is 4.79 Å². The van der Waals surface area contributed by atoms with E-state index in [0.29, 0.717) is 11.4 Å². The van der Waals surface area contributed by atoms with E-state index in [2.05, 4.69) is 4.74 Å². The highest BCUT2D eigenvalue weighted by molar-refractivity contribution is 7.99. The molecule has 1 rings (SSSR count). The third kappa shape index (κ3) is 9.59. The molecule has 0 saturated carbocycles. The average molecular weight is 392 g/mol. The minimum atomic E-state index is -1.63. The number of halogens is 4. The zero-order chi connectivity index (χ0) is 15.9. The van der Waals surface area contributed by atoms with E-state index in [-0.39, 0.29) is 12.7 Å². The first kappa shape index (κ1) is 19.0. The standard InChI is InChI=1S/C13H14Cl4O3S/c1-9(20-12(18)19-8-13(15,16)17)6-7-21-11-4-2-10(14)3-5-11/h2-5,9H,6-8H2,1H3/t9-/m1/s1. The summed E-state index contributed by atoms with van der Waals surface area (Å²) < 4.78 is 8.08. The summed E-state index contributed by atoms with van der Waals surface area (Å²) in [5, 5.41) is 0.702. The summed E-state index contributed by atoms with van der Waals surface area (Å²) in [6, 6.07) is 7.54. The predicted octanol–water partition coefficient (Wildman–Crippen LogP) is 5.73. The number of alkyl halides is 3. The smallest absolute Gasteiger partial charge is 0.431 e. The van der Waals surface area contributed by atoms with Gasteiger partial charge in [-0.1, -0.05) is 46.4 Å². The van der Waals surface area contributed by atoms with E-state index in [1.807, 2.05) is 24.3 Å². The van der Waals surface area contributed by atoms with Gasteiger partial charge in [0.15, 0.2) is 0 Å². The fourth-order valence-corrected chi connectivity index (χ4v) is 2.58. The largest absolute Gasteiger partial charge is 0.508 e. The minimum Gasteiger partial charge on any atom is -0.431 e. The van der Waals surface area contributed by atoms with Crippen LogP contribution in [0.25, 0.3) is 0 Å². The molecule has 0 unspecified atom stereocenters. The fraction of sp³-hybridized carbons (Fsp3) is 0.462. The second-order valence-electron chi connectivity index (χ2n) is 4.17. The predicted molar refractivity (Wildman–Crippen MR) is 89.0 cm³/mol. The molecule has 0 amide bonds. The highest BCUT2D eigenvalue weighted by Crippen LogP contribution is 2.26. The zero-order valence-electron chi connectivity index (χ0n) is 11.2. The van der Waals surface area contributed by atoms with E-state index in [4.69, 9.17) is 51.1 Å². The van der Waals surface area contributed by atoms with E-state index < -0.39 is 9.95 Å². The Labute approximate surface area is 148 Å². The highest BCUT2D eigenvalue weighted by atomic mass is 35.6. The van der Waals surface area contributed by atoms with Crippen LogP contribution in [-0.4, -0.2) is 28.4 Å². The van der Waals surface area contributed by atoms with Crippen molar-refractivity contribution >= 4 is 64.3 Å².